The number of carbonyl (C=O) groups is 2. The van der Waals surface area contributed by atoms with Gasteiger partial charge < -0.3 is 15.4 Å². The number of ether oxygens (including phenoxy) is 1. The van der Waals surface area contributed by atoms with Crippen molar-refractivity contribution < 1.29 is 14.3 Å². The highest BCUT2D eigenvalue weighted by molar-refractivity contribution is 9.10. The van der Waals surface area contributed by atoms with Crippen molar-refractivity contribution in [2.75, 3.05) is 17.7 Å². The molecule has 0 unspecified atom stereocenters. The fourth-order valence-corrected chi connectivity index (χ4v) is 3.21. The summed E-state index contributed by atoms with van der Waals surface area (Å²) in [7, 11) is 1.56. The Morgan fingerprint density at radius 2 is 1.97 bits per heavy atom. The number of thiocarbonyl (C=S) groups is 1. The van der Waals surface area contributed by atoms with Gasteiger partial charge in [-0.25, -0.2) is 0 Å². The number of rotatable bonds is 7. The van der Waals surface area contributed by atoms with Crippen molar-refractivity contribution in [3.63, 3.8) is 0 Å². The molecule has 0 saturated heterocycles. The normalized spacial score (nSPS) is 10.5. The van der Waals surface area contributed by atoms with Crippen LogP contribution in [-0.4, -0.2) is 24.0 Å². The fraction of sp³-hybridized carbons (Fsp3) is 0.190. The van der Waals surface area contributed by atoms with E-state index in [2.05, 4.69) is 31.9 Å². The lowest BCUT2D eigenvalue weighted by atomic mass is 10.2. The lowest BCUT2D eigenvalue weighted by Crippen LogP contribution is -2.32. The second-order valence-electron chi connectivity index (χ2n) is 6.16. The van der Waals surface area contributed by atoms with Crippen LogP contribution in [0.15, 0.2) is 46.9 Å². The van der Waals surface area contributed by atoms with Gasteiger partial charge in [-0.3, -0.25) is 14.9 Å². The van der Waals surface area contributed by atoms with Crippen LogP contribution in [0.4, 0.5) is 11.4 Å². The van der Waals surface area contributed by atoms with E-state index in [4.69, 9.17) is 28.6 Å². The third-order valence-electron chi connectivity index (χ3n) is 3.82. The number of benzene rings is 2. The number of methoxy groups -OCH3 is 1. The molecule has 2 amide bonds. The topological polar surface area (TPSA) is 79.5 Å². The van der Waals surface area contributed by atoms with Crippen molar-refractivity contribution in [1.82, 2.24) is 5.32 Å². The molecule has 2 aromatic rings. The molecule has 0 saturated carbocycles. The van der Waals surface area contributed by atoms with Gasteiger partial charge in [-0.15, -0.1) is 0 Å². The van der Waals surface area contributed by atoms with Crippen LogP contribution in [0.2, 0.25) is 5.02 Å². The monoisotopic (exact) mass is 509 g/mol. The first-order valence-electron chi connectivity index (χ1n) is 9.05. The van der Waals surface area contributed by atoms with Crippen LogP contribution < -0.4 is 20.7 Å². The van der Waals surface area contributed by atoms with Crippen molar-refractivity contribution in [1.29, 1.82) is 0 Å². The Labute approximate surface area is 194 Å². The van der Waals surface area contributed by atoms with Crippen LogP contribution >= 0.6 is 39.7 Å². The van der Waals surface area contributed by atoms with Crippen molar-refractivity contribution in [3.8, 4) is 5.75 Å². The number of anilines is 2. The molecule has 0 heterocycles. The summed E-state index contributed by atoms with van der Waals surface area (Å²) in [5.74, 6) is 0.129. The Bertz CT molecular complexity index is 982. The number of hydrogen-bond acceptors (Lipinski definition) is 4. The van der Waals surface area contributed by atoms with Crippen LogP contribution in [-0.2, 0) is 9.59 Å². The second kappa shape index (κ2) is 11.7. The van der Waals surface area contributed by atoms with Gasteiger partial charge in [0.05, 0.1) is 17.8 Å². The summed E-state index contributed by atoms with van der Waals surface area (Å²) in [4.78, 5) is 24.0. The molecule has 3 N–H and O–H groups in total. The first kappa shape index (κ1) is 23.9. The lowest BCUT2D eigenvalue weighted by molar-refractivity contribution is -0.116. The van der Waals surface area contributed by atoms with Gasteiger partial charge in [0.25, 0.3) is 0 Å². The highest BCUT2D eigenvalue weighted by Crippen LogP contribution is 2.26. The molecule has 0 bridgehead atoms. The van der Waals surface area contributed by atoms with Crippen molar-refractivity contribution in [2.45, 2.75) is 19.8 Å². The average Bonchev–Trinajstić information content (AvgIpc) is 2.69. The summed E-state index contributed by atoms with van der Waals surface area (Å²) in [5, 5.41) is 8.68. The Morgan fingerprint density at radius 1 is 1.20 bits per heavy atom. The summed E-state index contributed by atoms with van der Waals surface area (Å²) < 4.78 is 6.14. The van der Waals surface area contributed by atoms with E-state index in [0.29, 0.717) is 28.6 Å². The first-order valence-corrected chi connectivity index (χ1v) is 10.6. The molecule has 9 heteroatoms. The van der Waals surface area contributed by atoms with Crippen LogP contribution in [0.3, 0.4) is 0 Å². The smallest absolute Gasteiger partial charge is 0.250 e. The Kier molecular flexibility index (Phi) is 9.29. The van der Waals surface area contributed by atoms with Gasteiger partial charge in [0.15, 0.2) is 5.11 Å². The molecule has 0 atom stereocenters. The van der Waals surface area contributed by atoms with E-state index >= 15 is 0 Å². The minimum Gasteiger partial charge on any atom is -0.496 e. The Balaban J connectivity index is 2.01. The van der Waals surface area contributed by atoms with E-state index < -0.39 is 5.91 Å². The Hall–Kier alpha value is -2.42. The van der Waals surface area contributed by atoms with Crippen molar-refractivity contribution in [2.24, 2.45) is 0 Å². The molecule has 0 radical (unpaired) electrons. The number of halogens is 2. The third-order valence-corrected chi connectivity index (χ3v) is 4.85. The molecule has 0 aromatic heterocycles. The van der Waals surface area contributed by atoms with Crippen LogP contribution in [0.1, 0.15) is 25.3 Å². The average molecular weight is 511 g/mol. The fourth-order valence-electron chi connectivity index (χ4n) is 2.46. The van der Waals surface area contributed by atoms with E-state index in [1.807, 2.05) is 19.1 Å². The molecule has 0 aliphatic heterocycles. The zero-order valence-corrected chi connectivity index (χ0v) is 19.6. The van der Waals surface area contributed by atoms with Crippen LogP contribution in [0.25, 0.3) is 6.08 Å². The maximum absolute atomic E-state index is 12.2. The van der Waals surface area contributed by atoms with E-state index in [0.717, 1.165) is 16.5 Å². The van der Waals surface area contributed by atoms with Gasteiger partial charge in [-0.2, -0.15) is 0 Å². The predicted molar refractivity (Wildman–Crippen MR) is 129 cm³/mol. The molecule has 0 aliphatic carbocycles. The molecule has 2 aromatic carbocycles. The molecular weight excluding hydrogens is 490 g/mol. The van der Waals surface area contributed by atoms with Crippen LogP contribution in [0.5, 0.6) is 5.75 Å². The van der Waals surface area contributed by atoms with Crippen LogP contribution in [0, 0.1) is 0 Å². The standard InChI is InChI=1S/C21H21BrClN3O3S/c1-3-4-19(27)24-15-7-8-16(23)17(12-15)25-21(30)26-20(28)10-5-13-11-14(22)6-9-18(13)29-2/h5-12H,3-4H2,1-2H3,(H,24,27)(H2,25,26,28,30)/b10-5+. The summed E-state index contributed by atoms with van der Waals surface area (Å²) in [5.41, 5.74) is 1.78. The number of amides is 2. The third kappa shape index (κ3) is 7.44. The molecule has 158 valence electrons. The van der Waals surface area contributed by atoms with E-state index in [-0.39, 0.29) is 11.0 Å². The van der Waals surface area contributed by atoms with Gasteiger partial charge in [0.1, 0.15) is 5.75 Å². The molecule has 0 aliphatic rings. The minimum atomic E-state index is -0.418. The molecular formula is C21H21BrClN3O3S. The highest BCUT2D eigenvalue weighted by Gasteiger charge is 2.08. The summed E-state index contributed by atoms with van der Waals surface area (Å²) in [6.45, 7) is 1.93. The van der Waals surface area contributed by atoms with Gasteiger partial charge >= 0.3 is 0 Å². The van der Waals surface area contributed by atoms with Crippen molar-refractivity contribution in [3.05, 3.63) is 57.5 Å². The lowest BCUT2D eigenvalue weighted by Gasteiger charge is -2.12. The maximum atomic E-state index is 12.2. The van der Waals surface area contributed by atoms with Gasteiger partial charge in [0, 0.05) is 28.2 Å². The summed E-state index contributed by atoms with van der Waals surface area (Å²) in [6.07, 6.45) is 4.15. The van der Waals surface area contributed by atoms with Gasteiger partial charge in [-0.05, 0) is 61.1 Å². The highest BCUT2D eigenvalue weighted by atomic mass is 79.9. The molecule has 2 rings (SSSR count). The summed E-state index contributed by atoms with van der Waals surface area (Å²) >= 11 is 14.8. The molecule has 30 heavy (non-hydrogen) atoms. The molecule has 6 nitrogen and oxygen atoms in total. The maximum Gasteiger partial charge on any atom is 0.250 e. The minimum absolute atomic E-state index is 0.0739. The largest absolute Gasteiger partial charge is 0.496 e. The number of hydrogen-bond donors (Lipinski definition) is 3. The summed E-state index contributed by atoms with van der Waals surface area (Å²) in [6, 6.07) is 10.4. The zero-order valence-electron chi connectivity index (χ0n) is 16.4. The van der Waals surface area contributed by atoms with E-state index in [9.17, 15) is 9.59 Å². The molecule has 0 fully saturated rings. The van der Waals surface area contributed by atoms with E-state index in [1.54, 1.807) is 37.5 Å². The number of carbonyl (C=O) groups excluding carboxylic acids is 2. The van der Waals surface area contributed by atoms with E-state index in [1.165, 1.54) is 6.08 Å². The van der Waals surface area contributed by atoms with Crippen molar-refractivity contribution >= 4 is 74.1 Å². The first-order chi connectivity index (χ1) is 14.3. The van der Waals surface area contributed by atoms with Gasteiger partial charge in [-0.1, -0.05) is 34.5 Å². The van der Waals surface area contributed by atoms with Gasteiger partial charge in [0.2, 0.25) is 11.8 Å². The predicted octanol–water partition coefficient (Wildman–Crippen LogP) is 5.38. The second-order valence-corrected chi connectivity index (χ2v) is 7.89. The number of nitrogens with one attached hydrogen (secondary N) is 3. The quantitative estimate of drug-likeness (QED) is 0.344. The zero-order chi connectivity index (χ0) is 22.1. The Morgan fingerprint density at radius 3 is 2.67 bits per heavy atom. The SMILES string of the molecule is CCCC(=O)Nc1ccc(Cl)c(NC(=S)NC(=O)/C=C/c2cc(Br)ccc2OC)c1. The molecule has 0 spiro atoms.